The van der Waals surface area contributed by atoms with Gasteiger partial charge >= 0.3 is 0 Å². The molecule has 1 aliphatic rings. The SMILES string of the molecule is CC1(N)CCC(Oc2cc3cc[nH]c(=O)c3cc2Cl)CC1. The minimum absolute atomic E-state index is 0.0830. The van der Waals surface area contributed by atoms with Gasteiger partial charge in [0.1, 0.15) is 5.75 Å². The highest BCUT2D eigenvalue weighted by molar-refractivity contribution is 6.32. The van der Waals surface area contributed by atoms with Gasteiger partial charge in [-0.1, -0.05) is 11.6 Å². The molecule has 0 spiro atoms. The highest BCUT2D eigenvalue weighted by Crippen LogP contribution is 2.33. The first-order valence-electron chi connectivity index (χ1n) is 7.21. The third-order valence-electron chi connectivity index (χ3n) is 4.19. The van der Waals surface area contributed by atoms with Crippen LogP contribution in [-0.2, 0) is 0 Å². The number of aromatic amines is 1. The zero-order chi connectivity index (χ0) is 15.0. The fraction of sp³-hybridized carbons (Fsp3) is 0.438. The molecule has 2 aromatic rings. The Hall–Kier alpha value is -1.52. The lowest BCUT2D eigenvalue weighted by Gasteiger charge is -2.34. The van der Waals surface area contributed by atoms with Gasteiger partial charge < -0.3 is 15.5 Å². The van der Waals surface area contributed by atoms with Crippen LogP contribution in [0.5, 0.6) is 5.75 Å². The minimum Gasteiger partial charge on any atom is -0.489 e. The van der Waals surface area contributed by atoms with Gasteiger partial charge in [0.15, 0.2) is 0 Å². The summed E-state index contributed by atoms with van der Waals surface area (Å²) >= 11 is 6.25. The number of nitrogens with two attached hydrogens (primary N) is 1. The molecule has 0 atom stereocenters. The summed E-state index contributed by atoms with van der Waals surface area (Å²) < 4.78 is 6.03. The van der Waals surface area contributed by atoms with Crippen molar-refractivity contribution in [3.05, 3.63) is 39.8 Å². The van der Waals surface area contributed by atoms with E-state index in [1.807, 2.05) is 12.1 Å². The average Bonchev–Trinajstić information content (AvgIpc) is 2.43. The van der Waals surface area contributed by atoms with Crippen molar-refractivity contribution < 1.29 is 4.74 Å². The molecule has 0 unspecified atom stereocenters. The molecule has 1 fully saturated rings. The molecule has 1 aromatic heterocycles. The molecule has 0 aliphatic heterocycles. The molecule has 0 bridgehead atoms. The van der Waals surface area contributed by atoms with E-state index in [1.54, 1.807) is 12.3 Å². The van der Waals surface area contributed by atoms with Crippen LogP contribution in [-0.4, -0.2) is 16.6 Å². The van der Waals surface area contributed by atoms with Crippen LogP contribution in [0.25, 0.3) is 10.8 Å². The van der Waals surface area contributed by atoms with Gasteiger partial charge in [0.25, 0.3) is 5.56 Å². The zero-order valence-electron chi connectivity index (χ0n) is 12.0. The molecule has 21 heavy (non-hydrogen) atoms. The van der Waals surface area contributed by atoms with Gasteiger partial charge in [0, 0.05) is 17.1 Å². The number of pyridine rings is 1. The molecule has 0 saturated heterocycles. The number of ether oxygens (including phenoxy) is 1. The number of aromatic nitrogens is 1. The Kier molecular flexibility index (Phi) is 3.68. The van der Waals surface area contributed by atoms with Crippen molar-refractivity contribution in [2.45, 2.75) is 44.2 Å². The van der Waals surface area contributed by atoms with E-state index in [-0.39, 0.29) is 17.2 Å². The molecular formula is C16H19ClN2O2. The van der Waals surface area contributed by atoms with E-state index in [4.69, 9.17) is 22.1 Å². The van der Waals surface area contributed by atoms with Gasteiger partial charge in [-0.3, -0.25) is 4.79 Å². The fourth-order valence-corrected chi connectivity index (χ4v) is 3.04. The normalized spacial score (nSPS) is 26.0. The lowest BCUT2D eigenvalue weighted by atomic mass is 9.83. The van der Waals surface area contributed by atoms with Gasteiger partial charge in [0.05, 0.1) is 11.1 Å². The number of benzene rings is 1. The monoisotopic (exact) mass is 306 g/mol. The van der Waals surface area contributed by atoms with Crippen molar-refractivity contribution >= 4 is 22.4 Å². The van der Waals surface area contributed by atoms with Crippen LogP contribution in [0.15, 0.2) is 29.2 Å². The number of H-pyrrole nitrogens is 1. The molecule has 3 rings (SSSR count). The number of hydrogen-bond acceptors (Lipinski definition) is 3. The lowest BCUT2D eigenvalue weighted by Crippen LogP contribution is -2.42. The van der Waals surface area contributed by atoms with Crippen LogP contribution >= 0.6 is 11.6 Å². The van der Waals surface area contributed by atoms with Crippen molar-refractivity contribution in [2.75, 3.05) is 0 Å². The van der Waals surface area contributed by atoms with Gasteiger partial charge in [-0.2, -0.15) is 0 Å². The summed E-state index contributed by atoms with van der Waals surface area (Å²) in [6, 6.07) is 5.35. The Labute approximate surface area is 128 Å². The van der Waals surface area contributed by atoms with E-state index in [0.717, 1.165) is 31.1 Å². The van der Waals surface area contributed by atoms with E-state index >= 15 is 0 Å². The van der Waals surface area contributed by atoms with E-state index in [9.17, 15) is 4.79 Å². The largest absolute Gasteiger partial charge is 0.489 e. The van der Waals surface area contributed by atoms with Crippen LogP contribution < -0.4 is 16.0 Å². The molecule has 112 valence electrons. The molecule has 1 heterocycles. The second-order valence-corrected chi connectivity index (χ2v) is 6.56. The van der Waals surface area contributed by atoms with E-state index in [0.29, 0.717) is 16.2 Å². The zero-order valence-corrected chi connectivity index (χ0v) is 12.7. The summed E-state index contributed by atoms with van der Waals surface area (Å²) in [6.07, 6.45) is 5.51. The predicted molar refractivity (Wildman–Crippen MR) is 85.1 cm³/mol. The third-order valence-corrected chi connectivity index (χ3v) is 4.49. The van der Waals surface area contributed by atoms with Gasteiger partial charge in [-0.15, -0.1) is 0 Å². The first-order chi connectivity index (χ1) is 9.94. The number of fused-ring (bicyclic) bond motifs is 1. The third kappa shape index (κ3) is 3.06. The molecule has 1 aliphatic carbocycles. The predicted octanol–water partition coefficient (Wildman–Crippen LogP) is 3.22. The maximum absolute atomic E-state index is 11.7. The van der Waals surface area contributed by atoms with Crippen molar-refractivity contribution in [1.82, 2.24) is 4.98 Å². The molecule has 0 radical (unpaired) electrons. The molecule has 1 saturated carbocycles. The van der Waals surface area contributed by atoms with Crippen LogP contribution in [0.1, 0.15) is 32.6 Å². The summed E-state index contributed by atoms with van der Waals surface area (Å²) in [5, 5.41) is 1.88. The highest BCUT2D eigenvalue weighted by Gasteiger charge is 2.28. The van der Waals surface area contributed by atoms with Crippen LogP contribution in [0.3, 0.4) is 0 Å². The van der Waals surface area contributed by atoms with Gasteiger partial charge in [0.2, 0.25) is 0 Å². The van der Waals surface area contributed by atoms with E-state index in [1.165, 1.54) is 0 Å². The quantitative estimate of drug-likeness (QED) is 0.895. The van der Waals surface area contributed by atoms with Gasteiger partial charge in [-0.05, 0) is 56.2 Å². The Morgan fingerprint density at radius 3 is 2.81 bits per heavy atom. The Bertz CT molecular complexity index is 714. The first kappa shape index (κ1) is 14.4. The van der Waals surface area contributed by atoms with Crippen molar-refractivity contribution in [3.63, 3.8) is 0 Å². The standard InChI is InChI=1S/C16H19ClN2O2/c1-16(18)5-2-11(3-6-16)21-14-8-10-4-7-19-15(20)12(10)9-13(14)17/h4,7-9,11H,2-3,5-6,18H2,1H3,(H,19,20). The summed E-state index contributed by atoms with van der Waals surface area (Å²) in [6.45, 7) is 2.08. The molecule has 0 amide bonds. The van der Waals surface area contributed by atoms with E-state index < -0.39 is 0 Å². The molecule has 4 nitrogen and oxygen atoms in total. The molecule has 1 aromatic carbocycles. The summed E-state index contributed by atoms with van der Waals surface area (Å²) in [4.78, 5) is 14.4. The highest BCUT2D eigenvalue weighted by atomic mass is 35.5. The van der Waals surface area contributed by atoms with Crippen LogP contribution in [0.2, 0.25) is 5.02 Å². The lowest BCUT2D eigenvalue weighted by molar-refractivity contribution is 0.124. The Morgan fingerprint density at radius 1 is 1.38 bits per heavy atom. The van der Waals surface area contributed by atoms with Crippen molar-refractivity contribution in [2.24, 2.45) is 5.73 Å². The van der Waals surface area contributed by atoms with Crippen LogP contribution in [0, 0.1) is 0 Å². The fourth-order valence-electron chi connectivity index (χ4n) is 2.83. The maximum atomic E-state index is 11.7. The minimum atomic E-state index is -0.141. The number of nitrogens with one attached hydrogen (secondary N) is 1. The number of rotatable bonds is 2. The van der Waals surface area contributed by atoms with Crippen molar-refractivity contribution in [3.8, 4) is 5.75 Å². The summed E-state index contributed by atoms with van der Waals surface area (Å²) in [5.74, 6) is 0.639. The maximum Gasteiger partial charge on any atom is 0.255 e. The average molecular weight is 307 g/mol. The molecule has 3 N–H and O–H groups in total. The molecular weight excluding hydrogens is 288 g/mol. The first-order valence-corrected chi connectivity index (χ1v) is 7.59. The molecule has 5 heteroatoms. The topological polar surface area (TPSA) is 68.1 Å². The second-order valence-electron chi connectivity index (χ2n) is 6.15. The smallest absolute Gasteiger partial charge is 0.255 e. The Morgan fingerprint density at radius 2 is 2.10 bits per heavy atom. The second kappa shape index (κ2) is 5.35. The van der Waals surface area contributed by atoms with Crippen molar-refractivity contribution in [1.29, 1.82) is 0 Å². The van der Waals surface area contributed by atoms with Gasteiger partial charge in [-0.25, -0.2) is 0 Å². The summed E-state index contributed by atoms with van der Waals surface area (Å²) in [5.41, 5.74) is 5.91. The van der Waals surface area contributed by atoms with E-state index in [2.05, 4.69) is 11.9 Å². The van der Waals surface area contributed by atoms with Crippen LogP contribution in [0.4, 0.5) is 0 Å². The summed E-state index contributed by atoms with van der Waals surface area (Å²) in [7, 11) is 0. The number of hydrogen-bond donors (Lipinski definition) is 2. The number of halogens is 1. The Balaban J connectivity index is 1.85.